The number of halogens is 1. The number of benzene rings is 1. The molecule has 0 heterocycles. The van der Waals surface area contributed by atoms with E-state index in [-0.39, 0.29) is 24.0 Å². The highest BCUT2D eigenvalue weighted by atomic mass is 127. The summed E-state index contributed by atoms with van der Waals surface area (Å²) in [6, 6.07) is 10.5. The molecular weight excluding hydrogens is 427 g/mol. The zero-order valence-electron chi connectivity index (χ0n) is 15.7. The summed E-state index contributed by atoms with van der Waals surface area (Å²) in [5.41, 5.74) is -0.0805. The summed E-state index contributed by atoms with van der Waals surface area (Å²) in [5.74, 6) is 0.764. The summed E-state index contributed by atoms with van der Waals surface area (Å²) in [6.07, 6.45) is 2.67. The van der Waals surface area contributed by atoms with E-state index in [0.29, 0.717) is 6.54 Å². The lowest BCUT2D eigenvalue weighted by atomic mass is 9.96. The van der Waals surface area contributed by atoms with Gasteiger partial charge in [0, 0.05) is 25.7 Å². The summed E-state index contributed by atoms with van der Waals surface area (Å²) >= 11 is 0. The molecule has 0 aliphatic heterocycles. The summed E-state index contributed by atoms with van der Waals surface area (Å²) in [6.45, 7) is 10.2. The highest BCUT2D eigenvalue weighted by Crippen LogP contribution is 2.25. The Bertz CT molecular complexity index is 517. The molecule has 1 atom stereocenters. The molecule has 5 nitrogen and oxygen atoms in total. The maximum absolute atomic E-state index is 10.7. The number of aliphatic imine (C=N–C) groups is 1. The zero-order chi connectivity index (χ0) is 17.4. The fourth-order valence-corrected chi connectivity index (χ4v) is 2.82. The van der Waals surface area contributed by atoms with Crippen LogP contribution in [-0.2, 0) is 5.60 Å². The molecule has 1 aliphatic rings. The maximum Gasteiger partial charge on any atom is 0.191 e. The predicted octanol–water partition coefficient (Wildman–Crippen LogP) is 2.55. The van der Waals surface area contributed by atoms with Gasteiger partial charge >= 0.3 is 0 Å². The first-order valence-electron chi connectivity index (χ1n) is 9.11. The molecule has 1 saturated carbocycles. The second-order valence-corrected chi connectivity index (χ2v) is 6.62. The third-order valence-electron chi connectivity index (χ3n) is 4.45. The number of likely N-dealkylation sites (N-methyl/N-ethyl adjacent to an activating group) is 1. The van der Waals surface area contributed by atoms with Crippen molar-refractivity contribution in [3.8, 4) is 0 Å². The molecule has 6 heteroatoms. The van der Waals surface area contributed by atoms with Gasteiger partial charge in [-0.25, -0.2) is 4.99 Å². The molecule has 0 amide bonds. The molecule has 142 valence electrons. The Kier molecular flexibility index (Phi) is 9.74. The van der Waals surface area contributed by atoms with E-state index in [1.807, 2.05) is 30.3 Å². The minimum absolute atomic E-state index is 0. The Morgan fingerprint density at radius 3 is 2.48 bits per heavy atom. The lowest BCUT2D eigenvalue weighted by Crippen LogP contribution is -2.42. The number of nitrogens with zero attached hydrogens (tertiary/aromatic N) is 2. The Balaban J connectivity index is 0.00000312. The quantitative estimate of drug-likeness (QED) is 0.301. The van der Waals surface area contributed by atoms with E-state index in [2.05, 4.69) is 34.4 Å². The standard InChI is InChI=1S/C19H32N4O.HI/c1-4-20-18(21-13-14-23(5-2)17-11-12-17)22-15-19(3,24)16-9-7-6-8-10-16;/h6-10,17,24H,4-5,11-15H2,1-3H3,(H2,20,21,22);1H. The molecule has 1 aliphatic carbocycles. The van der Waals surface area contributed by atoms with Crippen molar-refractivity contribution in [3.63, 3.8) is 0 Å². The van der Waals surface area contributed by atoms with Gasteiger partial charge in [0.25, 0.3) is 0 Å². The van der Waals surface area contributed by atoms with E-state index in [9.17, 15) is 5.11 Å². The molecule has 1 fully saturated rings. The van der Waals surface area contributed by atoms with Crippen molar-refractivity contribution in [2.45, 2.75) is 45.3 Å². The van der Waals surface area contributed by atoms with Crippen molar-refractivity contribution in [2.75, 3.05) is 32.7 Å². The van der Waals surface area contributed by atoms with Crippen molar-refractivity contribution in [2.24, 2.45) is 4.99 Å². The summed E-state index contributed by atoms with van der Waals surface area (Å²) < 4.78 is 0. The van der Waals surface area contributed by atoms with Crippen molar-refractivity contribution in [3.05, 3.63) is 35.9 Å². The topological polar surface area (TPSA) is 59.9 Å². The monoisotopic (exact) mass is 460 g/mol. The summed E-state index contributed by atoms with van der Waals surface area (Å²) in [4.78, 5) is 7.08. The third kappa shape index (κ3) is 7.50. The highest BCUT2D eigenvalue weighted by molar-refractivity contribution is 14.0. The normalized spacial score (nSPS) is 16.9. The molecule has 1 aromatic rings. The van der Waals surface area contributed by atoms with Gasteiger partial charge in [0.05, 0.1) is 6.54 Å². The SMILES string of the molecule is CCNC(=NCC(C)(O)c1ccccc1)NCCN(CC)C1CC1.I. The largest absolute Gasteiger partial charge is 0.384 e. The molecule has 1 unspecified atom stereocenters. The Hall–Kier alpha value is -0.860. The highest BCUT2D eigenvalue weighted by Gasteiger charge is 2.27. The lowest BCUT2D eigenvalue weighted by Gasteiger charge is -2.23. The summed E-state index contributed by atoms with van der Waals surface area (Å²) in [5, 5.41) is 17.3. The Morgan fingerprint density at radius 2 is 1.92 bits per heavy atom. The Labute approximate surface area is 169 Å². The first-order valence-corrected chi connectivity index (χ1v) is 9.11. The zero-order valence-corrected chi connectivity index (χ0v) is 18.0. The smallest absolute Gasteiger partial charge is 0.191 e. The minimum atomic E-state index is -0.965. The van der Waals surface area contributed by atoms with E-state index in [1.54, 1.807) is 6.92 Å². The van der Waals surface area contributed by atoms with Gasteiger partial charge < -0.3 is 15.7 Å². The first kappa shape index (κ1) is 22.2. The minimum Gasteiger partial charge on any atom is -0.384 e. The number of nitrogens with one attached hydrogen (secondary N) is 2. The van der Waals surface area contributed by atoms with Crippen LogP contribution in [-0.4, -0.2) is 54.7 Å². The molecule has 0 aromatic heterocycles. The van der Waals surface area contributed by atoms with Gasteiger partial charge in [-0.1, -0.05) is 37.3 Å². The number of aliphatic hydroxyl groups is 1. The van der Waals surface area contributed by atoms with Crippen LogP contribution in [0.5, 0.6) is 0 Å². The van der Waals surface area contributed by atoms with Crippen LogP contribution in [0.25, 0.3) is 0 Å². The van der Waals surface area contributed by atoms with Gasteiger partial charge in [-0.3, -0.25) is 4.90 Å². The van der Waals surface area contributed by atoms with Crippen molar-refractivity contribution in [1.29, 1.82) is 0 Å². The fraction of sp³-hybridized carbons (Fsp3) is 0.632. The lowest BCUT2D eigenvalue weighted by molar-refractivity contribution is 0.0672. The molecule has 0 radical (unpaired) electrons. The fourth-order valence-electron chi connectivity index (χ4n) is 2.82. The van der Waals surface area contributed by atoms with Crippen LogP contribution < -0.4 is 10.6 Å². The molecule has 0 spiro atoms. The van der Waals surface area contributed by atoms with Gasteiger partial charge in [0.2, 0.25) is 0 Å². The number of hydrogen-bond donors (Lipinski definition) is 3. The van der Waals surface area contributed by atoms with Crippen LogP contribution >= 0.6 is 24.0 Å². The predicted molar refractivity (Wildman–Crippen MR) is 116 cm³/mol. The molecular formula is C19H33IN4O. The van der Waals surface area contributed by atoms with E-state index in [0.717, 1.165) is 43.7 Å². The van der Waals surface area contributed by atoms with Crippen LogP contribution in [0.1, 0.15) is 39.2 Å². The van der Waals surface area contributed by atoms with E-state index < -0.39 is 5.60 Å². The molecule has 3 N–H and O–H groups in total. The van der Waals surface area contributed by atoms with Crippen molar-refractivity contribution in [1.82, 2.24) is 15.5 Å². The van der Waals surface area contributed by atoms with Gasteiger partial charge in [-0.15, -0.1) is 24.0 Å². The van der Waals surface area contributed by atoms with E-state index >= 15 is 0 Å². The second kappa shape index (κ2) is 11.0. The van der Waals surface area contributed by atoms with Gasteiger partial charge in [-0.05, 0) is 38.8 Å². The van der Waals surface area contributed by atoms with Crippen LogP contribution in [0.15, 0.2) is 35.3 Å². The van der Waals surface area contributed by atoms with Gasteiger partial charge in [0.1, 0.15) is 5.60 Å². The summed E-state index contributed by atoms with van der Waals surface area (Å²) in [7, 11) is 0. The first-order chi connectivity index (χ1) is 11.6. The molecule has 0 bridgehead atoms. The van der Waals surface area contributed by atoms with E-state index in [1.165, 1.54) is 12.8 Å². The van der Waals surface area contributed by atoms with Crippen molar-refractivity contribution < 1.29 is 5.11 Å². The van der Waals surface area contributed by atoms with Crippen LogP contribution in [0.3, 0.4) is 0 Å². The number of hydrogen-bond acceptors (Lipinski definition) is 3. The molecule has 0 saturated heterocycles. The second-order valence-electron chi connectivity index (χ2n) is 6.62. The average molecular weight is 460 g/mol. The van der Waals surface area contributed by atoms with Crippen LogP contribution in [0.4, 0.5) is 0 Å². The third-order valence-corrected chi connectivity index (χ3v) is 4.45. The van der Waals surface area contributed by atoms with E-state index in [4.69, 9.17) is 0 Å². The van der Waals surface area contributed by atoms with Gasteiger partial charge in [0.15, 0.2) is 5.96 Å². The number of guanidine groups is 1. The van der Waals surface area contributed by atoms with Crippen LogP contribution in [0, 0.1) is 0 Å². The average Bonchev–Trinajstić information content (AvgIpc) is 3.42. The number of rotatable bonds is 9. The van der Waals surface area contributed by atoms with Crippen molar-refractivity contribution >= 4 is 29.9 Å². The van der Waals surface area contributed by atoms with Gasteiger partial charge in [-0.2, -0.15) is 0 Å². The molecule has 2 rings (SSSR count). The van der Waals surface area contributed by atoms with Crippen LogP contribution in [0.2, 0.25) is 0 Å². The maximum atomic E-state index is 10.7. The molecule has 1 aromatic carbocycles. The molecule has 25 heavy (non-hydrogen) atoms. The Morgan fingerprint density at radius 1 is 1.24 bits per heavy atom.